The molecule has 140 valence electrons. The summed E-state index contributed by atoms with van der Waals surface area (Å²) in [6, 6.07) is 23.7. The predicted molar refractivity (Wildman–Crippen MR) is 108 cm³/mol. The van der Waals surface area contributed by atoms with Gasteiger partial charge in [-0.2, -0.15) is 0 Å². The molecule has 0 aliphatic rings. The number of benzene rings is 3. The maximum atomic E-state index is 6.09. The van der Waals surface area contributed by atoms with Gasteiger partial charge in [0.15, 0.2) is 18.3 Å². The Kier molecular flexibility index (Phi) is 7.13. The van der Waals surface area contributed by atoms with Gasteiger partial charge in [0.25, 0.3) is 0 Å². The highest BCUT2D eigenvalue weighted by Gasteiger charge is 2.17. The molecule has 0 aromatic heterocycles. The fraction of sp³-hybridized carbons (Fsp3) is 0.182. The Balaban J connectivity index is 1.83. The van der Waals surface area contributed by atoms with Crippen LogP contribution in [-0.2, 0) is 18.0 Å². The van der Waals surface area contributed by atoms with Gasteiger partial charge in [-0.25, -0.2) is 0 Å². The Morgan fingerprint density at radius 3 is 1.85 bits per heavy atom. The third-order valence-electron chi connectivity index (χ3n) is 3.81. The monoisotopic (exact) mass is 428 g/mol. The zero-order valence-corrected chi connectivity index (χ0v) is 16.6. The standard InChI is InChI=1S/C22H21BrO4/c1-24-16-27-21-19(23)12-13-20(25-14-17-8-4-2-5-9-17)22(21)26-15-18-10-6-3-7-11-18/h2-13H,14-16H2,1H3. The summed E-state index contributed by atoms with van der Waals surface area (Å²) >= 11 is 3.52. The summed E-state index contributed by atoms with van der Waals surface area (Å²) in [5, 5.41) is 0. The minimum Gasteiger partial charge on any atom is -0.485 e. The summed E-state index contributed by atoms with van der Waals surface area (Å²) in [6.07, 6.45) is 0. The number of rotatable bonds is 9. The van der Waals surface area contributed by atoms with Crippen LogP contribution in [0, 0.1) is 0 Å². The van der Waals surface area contributed by atoms with E-state index < -0.39 is 0 Å². The van der Waals surface area contributed by atoms with E-state index in [9.17, 15) is 0 Å². The van der Waals surface area contributed by atoms with Crippen LogP contribution in [0.4, 0.5) is 0 Å². The van der Waals surface area contributed by atoms with Gasteiger partial charge < -0.3 is 18.9 Å². The molecule has 3 rings (SSSR count). The van der Waals surface area contributed by atoms with Crippen molar-refractivity contribution in [2.45, 2.75) is 13.2 Å². The van der Waals surface area contributed by atoms with E-state index in [-0.39, 0.29) is 6.79 Å². The van der Waals surface area contributed by atoms with Gasteiger partial charge in [0.1, 0.15) is 13.2 Å². The first-order valence-electron chi connectivity index (χ1n) is 8.55. The first-order chi connectivity index (χ1) is 13.3. The molecule has 0 fully saturated rings. The largest absolute Gasteiger partial charge is 0.485 e. The first-order valence-corrected chi connectivity index (χ1v) is 9.35. The van der Waals surface area contributed by atoms with Crippen LogP contribution in [-0.4, -0.2) is 13.9 Å². The van der Waals surface area contributed by atoms with E-state index in [2.05, 4.69) is 15.9 Å². The maximum Gasteiger partial charge on any atom is 0.205 e. The van der Waals surface area contributed by atoms with E-state index in [1.54, 1.807) is 7.11 Å². The number of hydrogen-bond acceptors (Lipinski definition) is 4. The van der Waals surface area contributed by atoms with Gasteiger partial charge in [0, 0.05) is 7.11 Å². The second kappa shape index (κ2) is 10.00. The van der Waals surface area contributed by atoms with Crippen molar-refractivity contribution in [2.24, 2.45) is 0 Å². The summed E-state index contributed by atoms with van der Waals surface area (Å²) in [6.45, 7) is 0.957. The van der Waals surface area contributed by atoms with Crippen molar-refractivity contribution in [2.75, 3.05) is 13.9 Å². The molecule has 0 unspecified atom stereocenters. The van der Waals surface area contributed by atoms with Crippen molar-refractivity contribution in [3.63, 3.8) is 0 Å². The van der Waals surface area contributed by atoms with Crippen LogP contribution < -0.4 is 14.2 Å². The van der Waals surface area contributed by atoms with Crippen molar-refractivity contribution in [1.82, 2.24) is 0 Å². The summed E-state index contributed by atoms with van der Waals surface area (Å²) in [4.78, 5) is 0. The van der Waals surface area contributed by atoms with Gasteiger partial charge in [-0.15, -0.1) is 0 Å². The zero-order valence-electron chi connectivity index (χ0n) is 15.1. The molecule has 0 saturated carbocycles. The highest BCUT2D eigenvalue weighted by atomic mass is 79.9. The molecule has 0 saturated heterocycles. The molecule has 0 heterocycles. The molecule has 27 heavy (non-hydrogen) atoms. The van der Waals surface area contributed by atoms with Crippen LogP contribution in [0.15, 0.2) is 77.3 Å². The summed E-state index contributed by atoms with van der Waals surface area (Å²) in [7, 11) is 1.58. The molecule has 0 spiro atoms. The van der Waals surface area contributed by atoms with Crippen molar-refractivity contribution < 1.29 is 18.9 Å². The smallest absolute Gasteiger partial charge is 0.205 e. The second-order valence-corrected chi connectivity index (χ2v) is 6.66. The molecule has 3 aromatic carbocycles. The predicted octanol–water partition coefficient (Wildman–Crippen LogP) is 5.59. The number of halogens is 1. The Morgan fingerprint density at radius 1 is 0.667 bits per heavy atom. The molecule has 0 amide bonds. The summed E-state index contributed by atoms with van der Waals surface area (Å²) in [5.74, 6) is 1.71. The molecule has 0 N–H and O–H groups in total. The van der Waals surface area contributed by atoms with E-state index in [0.29, 0.717) is 30.5 Å². The van der Waals surface area contributed by atoms with Crippen molar-refractivity contribution in [1.29, 1.82) is 0 Å². The third kappa shape index (κ3) is 5.49. The van der Waals surface area contributed by atoms with Crippen LogP contribution in [0.1, 0.15) is 11.1 Å². The molecule has 4 nitrogen and oxygen atoms in total. The van der Waals surface area contributed by atoms with E-state index in [1.807, 2.05) is 72.8 Å². The molecule has 3 aromatic rings. The lowest BCUT2D eigenvalue weighted by molar-refractivity contribution is 0.0473. The molecule has 0 aliphatic heterocycles. The first kappa shape index (κ1) is 19.3. The molecule has 0 radical (unpaired) electrons. The van der Waals surface area contributed by atoms with Gasteiger partial charge in [-0.1, -0.05) is 60.7 Å². The Hall–Kier alpha value is -2.50. The van der Waals surface area contributed by atoms with E-state index in [1.165, 1.54) is 0 Å². The Morgan fingerprint density at radius 2 is 1.26 bits per heavy atom. The zero-order chi connectivity index (χ0) is 18.9. The molecular formula is C22H21BrO4. The highest BCUT2D eigenvalue weighted by Crippen LogP contribution is 2.43. The number of ether oxygens (including phenoxy) is 4. The van der Waals surface area contributed by atoms with E-state index in [0.717, 1.165) is 15.6 Å². The fourth-order valence-corrected chi connectivity index (χ4v) is 2.92. The minimum absolute atomic E-state index is 0.114. The quantitative estimate of drug-likeness (QED) is 0.416. The van der Waals surface area contributed by atoms with E-state index in [4.69, 9.17) is 18.9 Å². The molecule has 0 bridgehead atoms. The Bertz CT molecular complexity index is 838. The van der Waals surface area contributed by atoms with Crippen molar-refractivity contribution in [3.05, 3.63) is 88.4 Å². The third-order valence-corrected chi connectivity index (χ3v) is 4.44. The van der Waals surface area contributed by atoms with Gasteiger partial charge in [0.2, 0.25) is 5.75 Å². The van der Waals surface area contributed by atoms with Gasteiger partial charge >= 0.3 is 0 Å². The van der Waals surface area contributed by atoms with Crippen LogP contribution in [0.2, 0.25) is 0 Å². The van der Waals surface area contributed by atoms with E-state index >= 15 is 0 Å². The lowest BCUT2D eigenvalue weighted by Crippen LogP contribution is -2.05. The number of methoxy groups -OCH3 is 1. The molecule has 0 atom stereocenters. The lowest BCUT2D eigenvalue weighted by atomic mass is 10.2. The van der Waals surface area contributed by atoms with Gasteiger partial charge in [-0.05, 0) is 39.2 Å². The Labute approximate surface area is 167 Å². The topological polar surface area (TPSA) is 36.9 Å². The second-order valence-electron chi connectivity index (χ2n) is 5.80. The van der Waals surface area contributed by atoms with Crippen LogP contribution >= 0.6 is 15.9 Å². The van der Waals surface area contributed by atoms with Gasteiger partial charge in [0.05, 0.1) is 4.47 Å². The SMILES string of the molecule is COCOc1c(Br)ccc(OCc2ccccc2)c1OCc1ccccc1. The van der Waals surface area contributed by atoms with Gasteiger partial charge in [-0.3, -0.25) is 0 Å². The summed E-state index contributed by atoms with van der Waals surface area (Å²) in [5.41, 5.74) is 2.14. The van der Waals surface area contributed by atoms with Crippen LogP contribution in [0.3, 0.4) is 0 Å². The molecule has 5 heteroatoms. The average molecular weight is 429 g/mol. The lowest BCUT2D eigenvalue weighted by Gasteiger charge is -2.18. The number of hydrogen-bond donors (Lipinski definition) is 0. The van der Waals surface area contributed by atoms with Crippen molar-refractivity contribution in [3.8, 4) is 17.2 Å². The summed E-state index contributed by atoms with van der Waals surface area (Å²) < 4.78 is 23.7. The highest BCUT2D eigenvalue weighted by molar-refractivity contribution is 9.10. The normalized spacial score (nSPS) is 10.4. The maximum absolute atomic E-state index is 6.09. The van der Waals surface area contributed by atoms with Crippen LogP contribution in [0.5, 0.6) is 17.2 Å². The fourth-order valence-electron chi connectivity index (χ4n) is 2.49. The van der Waals surface area contributed by atoms with Crippen molar-refractivity contribution >= 4 is 15.9 Å². The van der Waals surface area contributed by atoms with Crippen LogP contribution in [0.25, 0.3) is 0 Å². The average Bonchev–Trinajstić information content (AvgIpc) is 2.72. The minimum atomic E-state index is 0.114. The molecule has 0 aliphatic carbocycles. The molecular weight excluding hydrogens is 408 g/mol.